The maximum atomic E-state index is 13.7. The van der Waals surface area contributed by atoms with Crippen LogP contribution < -0.4 is 0 Å². The monoisotopic (exact) mass is 584 g/mol. The van der Waals surface area contributed by atoms with E-state index in [-0.39, 0.29) is 49.1 Å². The Balaban J connectivity index is 1.01. The highest BCUT2D eigenvalue weighted by atomic mass is 16.7. The van der Waals surface area contributed by atoms with E-state index in [0.717, 1.165) is 63.2 Å². The van der Waals surface area contributed by atoms with Gasteiger partial charge in [0, 0.05) is 5.92 Å². The van der Waals surface area contributed by atoms with Crippen LogP contribution in [0.1, 0.15) is 129 Å². The van der Waals surface area contributed by atoms with Gasteiger partial charge in [-0.25, -0.2) is 0 Å². The van der Waals surface area contributed by atoms with Gasteiger partial charge >= 0.3 is 11.9 Å². The van der Waals surface area contributed by atoms with Gasteiger partial charge in [-0.2, -0.15) is 0 Å². The molecule has 236 valence electrons. The van der Waals surface area contributed by atoms with Gasteiger partial charge in [0.25, 0.3) is 0 Å². The molecule has 0 aromatic carbocycles. The van der Waals surface area contributed by atoms with Crippen molar-refractivity contribution in [2.45, 2.75) is 148 Å². The first-order valence-corrected chi connectivity index (χ1v) is 17.9. The SMILES string of the molecule is CC1CC2CCCC(C(=O)OCC3OC(C4CC5CCCC(C5)C4)OC3COC(=O)C3(C)CC4CCCC(C4)C3)(C1)C2. The highest BCUT2D eigenvalue weighted by Gasteiger charge is 2.50. The van der Waals surface area contributed by atoms with Gasteiger partial charge < -0.3 is 18.9 Å². The van der Waals surface area contributed by atoms with Crippen molar-refractivity contribution in [1.82, 2.24) is 0 Å². The number of hydrogen-bond donors (Lipinski definition) is 0. The molecule has 1 heterocycles. The zero-order valence-corrected chi connectivity index (χ0v) is 26.4. The van der Waals surface area contributed by atoms with E-state index in [1.54, 1.807) is 0 Å². The molecule has 7 aliphatic rings. The molecule has 1 aliphatic heterocycles. The number of ether oxygens (including phenoxy) is 4. The Labute approximate surface area is 253 Å². The average Bonchev–Trinajstić information content (AvgIpc) is 3.36. The van der Waals surface area contributed by atoms with Crippen molar-refractivity contribution >= 4 is 11.9 Å². The third-order valence-electron chi connectivity index (χ3n) is 13.1. The van der Waals surface area contributed by atoms with Gasteiger partial charge in [-0.05, 0) is 107 Å². The number of esters is 2. The van der Waals surface area contributed by atoms with Crippen molar-refractivity contribution in [3.63, 3.8) is 0 Å². The van der Waals surface area contributed by atoms with Crippen molar-refractivity contribution < 1.29 is 28.5 Å². The van der Waals surface area contributed by atoms with Crippen molar-refractivity contribution in [3.8, 4) is 0 Å². The van der Waals surface area contributed by atoms with Gasteiger partial charge in [0.05, 0.1) is 10.8 Å². The van der Waals surface area contributed by atoms with E-state index >= 15 is 0 Å². The van der Waals surface area contributed by atoms with E-state index in [0.29, 0.717) is 29.6 Å². The lowest BCUT2D eigenvalue weighted by atomic mass is 9.59. The highest BCUT2D eigenvalue weighted by Crippen LogP contribution is 2.52. The number of fused-ring (bicyclic) bond motifs is 6. The average molecular weight is 585 g/mol. The number of carbonyl (C=O) groups excluding carboxylic acids is 2. The first kappa shape index (κ1) is 29.6. The van der Waals surface area contributed by atoms with Crippen LogP contribution in [-0.2, 0) is 28.5 Å². The first-order valence-electron chi connectivity index (χ1n) is 17.9. The third kappa shape index (κ3) is 6.06. The maximum absolute atomic E-state index is 13.7. The normalized spacial score (nSPS) is 48.3. The zero-order chi connectivity index (χ0) is 28.9. The van der Waals surface area contributed by atoms with E-state index in [1.165, 1.54) is 64.2 Å². The van der Waals surface area contributed by atoms with Gasteiger partial charge in [-0.1, -0.05) is 58.3 Å². The van der Waals surface area contributed by atoms with Crippen molar-refractivity contribution in [2.75, 3.05) is 13.2 Å². The van der Waals surface area contributed by atoms with Crippen LogP contribution in [0.5, 0.6) is 0 Å². The molecule has 6 nitrogen and oxygen atoms in total. The molecule has 1 saturated heterocycles. The minimum Gasteiger partial charge on any atom is -0.462 e. The molecule has 0 N–H and O–H groups in total. The zero-order valence-electron chi connectivity index (χ0n) is 26.4. The minimum absolute atomic E-state index is 0.0324. The van der Waals surface area contributed by atoms with Crippen LogP contribution >= 0.6 is 0 Å². The van der Waals surface area contributed by atoms with Crippen LogP contribution in [0.25, 0.3) is 0 Å². The fourth-order valence-electron chi connectivity index (χ4n) is 11.5. The summed E-state index contributed by atoms with van der Waals surface area (Å²) in [4.78, 5) is 27.2. The second-order valence-corrected chi connectivity index (χ2v) is 16.7. The van der Waals surface area contributed by atoms with E-state index in [1.807, 2.05) is 0 Å². The lowest BCUT2D eigenvalue weighted by molar-refractivity contribution is -0.169. The molecule has 6 aliphatic carbocycles. The Hall–Kier alpha value is -1.14. The topological polar surface area (TPSA) is 71.1 Å². The molecule has 10 unspecified atom stereocenters. The lowest BCUT2D eigenvalue weighted by Crippen LogP contribution is -2.45. The van der Waals surface area contributed by atoms with E-state index in [2.05, 4.69) is 13.8 Å². The molecule has 7 fully saturated rings. The summed E-state index contributed by atoms with van der Waals surface area (Å²) in [7, 11) is 0. The van der Waals surface area contributed by atoms with Gasteiger partial charge in [0.1, 0.15) is 25.4 Å². The van der Waals surface area contributed by atoms with Crippen LogP contribution in [0.3, 0.4) is 0 Å². The fraction of sp³-hybridized carbons (Fsp3) is 0.944. The smallest absolute Gasteiger partial charge is 0.312 e. The Morgan fingerprint density at radius 3 is 1.88 bits per heavy atom. The van der Waals surface area contributed by atoms with Crippen LogP contribution in [0, 0.1) is 52.3 Å². The number of carbonyl (C=O) groups is 2. The molecule has 10 atom stereocenters. The summed E-state index contributed by atoms with van der Waals surface area (Å²) in [6.45, 7) is 4.80. The van der Waals surface area contributed by atoms with Crippen LogP contribution in [0.2, 0.25) is 0 Å². The molecular weight excluding hydrogens is 528 g/mol. The second kappa shape index (κ2) is 12.0. The minimum atomic E-state index is -0.399. The van der Waals surface area contributed by atoms with E-state index < -0.39 is 5.41 Å². The standard InChI is InChI=1S/C36H56O6/c1-23-12-26-10-5-11-36(17-23,20-26)34(38)40-22-31-30(41-32(42-31)29-15-24-6-3-7-25(13-24)16-29)21-39-33(37)35(2)18-27-8-4-9-28(14-27)19-35/h23-32H,3-22H2,1-2H3. The molecule has 42 heavy (non-hydrogen) atoms. The summed E-state index contributed by atoms with van der Waals surface area (Å²) < 4.78 is 25.5. The predicted octanol–water partition coefficient (Wildman–Crippen LogP) is 7.61. The molecule has 6 bridgehead atoms. The number of rotatable bonds is 7. The molecule has 0 amide bonds. The summed E-state index contributed by atoms with van der Waals surface area (Å²) in [6.07, 6.45) is 20.1. The van der Waals surface area contributed by atoms with Gasteiger partial charge in [0.2, 0.25) is 0 Å². The molecule has 0 spiro atoms. The second-order valence-electron chi connectivity index (χ2n) is 16.7. The Kier molecular flexibility index (Phi) is 8.44. The molecular formula is C36H56O6. The summed E-state index contributed by atoms with van der Waals surface area (Å²) >= 11 is 0. The Bertz CT molecular complexity index is 967. The van der Waals surface area contributed by atoms with Crippen LogP contribution in [0.4, 0.5) is 0 Å². The van der Waals surface area contributed by atoms with Gasteiger partial charge in [-0.3, -0.25) is 9.59 Å². The molecule has 6 heteroatoms. The van der Waals surface area contributed by atoms with Gasteiger partial charge in [-0.15, -0.1) is 0 Å². The van der Waals surface area contributed by atoms with Gasteiger partial charge in [0.15, 0.2) is 6.29 Å². The number of hydrogen-bond acceptors (Lipinski definition) is 6. The van der Waals surface area contributed by atoms with Crippen molar-refractivity contribution in [2.24, 2.45) is 52.3 Å². The summed E-state index contributed by atoms with van der Waals surface area (Å²) in [6, 6.07) is 0. The Morgan fingerprint density at radius 2 is 1.21 bits per heavy atom. The largest absolute Gasteiger partial charge is 0.462 e. The third-order valence-corrected chi connectivity index (χ3v) is 13.1. The molecule has 6 saturated carbocycles. The molecule has 0 aromatic heterocycles. The lowest BCUT2D eigenvalue weighted by Gasteiger charge is -2.45. The summed E-state index contributed by atoms with van der Waals surface area (Å²) in [5.41, 5.74) is -0.722. The summed E-state index contributed by atoms with van der Waals surface area (Å²) in [5, 5.41) is 0. The predicted molar refractivity (Wildman–Crippen MR) is 159 cm³/mol. The van der Waals surface area contributed by atoms with E-state index in [9.17, 15) is 9.59 Å². The summed E-state index contributed by atoms with van der Waals surface area (Å²) in [5.74, 6) is 4.37. The maximum Gasteiger partial charge on any atom is 0.312 e. The fourth-order valence-corrected chi connectivity index (χ4v) is 11.5. The van der Waals surface area contributed by atoms with Crippen molar-refractivity contribution in [1.29, 1.82) is 0 Å². The van der Waals surface area contributed by atoms with Crippen LogP contribution in [-0.4, -0.2) is 43.7 Å². The highest BCUT2D eigenvalue weighted by molar-refractivity contribution is 5.77. The van der Waals surface area contributed by atoms with E-state index in [4.69, 9.17) is 18.9 Å². The van der Waals surface area contributed by atoms with Crippen LogP contribution in [0.15, 0.2) is 0 Å². The molecule has 0 aromatic rings. The Morgan fingerprint density at radius 1 is 0.667 bits per heavy atom. The quantitative estimate of drug-likeness (QED) is 0.287. The molecule has 7 rings (SSSR count). The first-order chi connectivity index (χ1) is 20.3. The van der Waals surface area contributed by atoms with Crippen molar-refractivity contribution in [3.05, 3.63) is 0 Å². The molecule has 0 radical (unpaired) electrons.